The van der Waals surface area contributed by atoms with Crippen molar-refractivity contribution in [2.24, 2.45) is 11.7 Å². The van der Waals surface area contributed by atoms with Gasteiger partial charge in [-0.2, -0.15) is 0 Å². The fraction of sp³-hybridized carbons (Fsp3) is 0.600. The number of benzene rings is 1. The highest BCUT2D eigenvalue weighted by Crippen LogP contribution is 2.31. The van der Waals surface area contributed by atoms with Crippen LogP contribution in [-0.2, 0) is 6.42 Å². The molecule has 0 spiro atoms. The van der Waals surface area contributed by atoms with E-state index >= 15 is 0 Å². The summed E-state index contributed by atoms with van der Waals surface area (Å²) < 4.78 is 5.89. The van der Waals surface area contributed by atoms with Crippen molar-refractivity contribution in [1.82, 2.24) is 0 Å². The Kier molecular flexibility index (Phi) is 5.33. The Bertz CT molecular complexity index is 375. The summed E-state index contributed by atoms with van der Waals surface area (Å²) in [6.45, 7) is 1.39. The first-order valence-corrected chi connectivity index (χ1v) is 7.29. The molecule has 0 aliphatic heterocycles. The van der Waals surface area contributed by atoms with Crippen LogP contribution in [0.3, 0.4) is 0 Å². The maximum absolute atomic E-state index is 6.19. The topological polar surface area (TPSA) is 35.2 Å². The molecule has 0 unspecified atom stereocenters. The summed E-state index contributed by atoms with van der Waals surface area (Å²) in [5.74, 6) is 1.69. The number of halogens is 1. The van der Waals surface area contributed by atoms with E-state index in [0.717, 1.165) is 36.7 Å². The number of hydrogen-bond donors (Lipinski definition) is 1. The van der Waals surface area contributed by atoms with Gasteiger partial charge in [-0.15, -0.1) is 0 Å². The number of para-hydroxylation sites is 1. The fourth-order valence-electron chi connectivity index (χ4n) is 2.69. The number of rotatable bonds is 6. The van der Waals surface area contributed by atoms with E-state index in [1.807, 2.05) is 18.2 Å². The summed E-state index contributed by atoms with van der Waals surface area (Å²) in [5.41, 5.74) is 6.73. The van der Waals surface area contributed by atoms with Gasteiger partial charge in [0.1, 0.15) is 5.75 Å². The third-order valence-electron chi connectivity index (χ3n) is 3.71. The third-order valence-corrected chi connectivity index (χ3v) is 4.01. The van der Waals surface area contributed by atoms with Crippen molar-refractivity contribution < 1.29 is 4.74 Å². The molecule has 0 radical (unpaired) electrons. The second-order valence-electron chi connectivity index (χ2n) is 5.05. The Balaban J connectivity index is 1.90. The molecule has 0 heterocycles. The van der Waals surface area contributed by atoms with E-state index in [1.54, 1.807) is 0 Å². The van der Waals surface area contributed by atoms with Gasteiger partial charge < -0.3 is 10.5 Å². The molecule has 1 fully saturated rings. The first kappa shape index (κ1) is 13.7. The molecule has 0 amide bonds. The molecule has 0 bridgehead atoms. The highest BCUT2D eigenvalue weighted by Gasteiger charge is 2.15. The van der Waals surface area contributed by atoms with Crippen molar-refractivity contribution in [1.29, 1.82) is 0 Å². The van der Waals surface area contributed by atoms with Crippen LogP contribution in [0.1, 0.15) is 37.7 Å². The van der Waals surface area contributed by atoms with Crippen LogP contribution in [0, 0.1) is 5.92 Å². The summed E-state index contributed by atoms with van der Waals surface area (Å²) in [7, 11) is 0. The minimum atomic E-state index is 0.624. The molecule has 0 atom stereocenters. The molecule has 2 rings (SSSR count). The normalized spacial score (nSPS) is 16.1. The lowest BCUT2D eigenvalue weighted by Crippen LogP contribution is -2.08. The summed E-state index contributed by atoms with van der Waals surface area (Å²) >= 11 is 6.19. The zero-order valence-corrected chi connectivity index (χ0v) is 11.6. The average molecular weight is 268 g/mol. The lowest BCUT2D eigenvalue weighted by Gasteiger charge is -2.14. The second-order valence-corrected chi connectivity index (χ2v) is 5.46. The molecule has 1 saturated carbocycles. The van der Waals surface area contributed by atoms with Crippen LogP contribution in [0.15, 0.2) is 18.2 Å². The molecular formula is C15H22ClNO. The van der Waals surface area contributed by atoms with Gasteiger partial charge in [0.05, 0.1) is 11.6 Å². The van der Waals surface area contributed by atoms with Gasteiger partial charge in [0, 0.05) is 0 Å². The Morgan fingerprint density at radius 2 is 2.06 bits per heavy atom. The van der Waals surface area contributed by atoms with Crippen molar-refractivity contribution in [2.75, 3.05) is 13.2 Å². The highest BCUT2D eigenvalue weighted by atomic mass is 35.5. The summed E-state index contributed by atoms with van der Waals surface area (Å²) in [6, 6.07) is 5.88. The molecule has 100 valence electrons. The smallest absolute Gasteiger partial charge is 0.141 e. The SMILES string of the molecule is NCCc1cccc(Cl)c1OCCC1CCCC1. The maximum atomic E-state index is 6.19. The van der Waals surface area contributed by atoms with Gasteiger partial charge in [-0.05, 0) is 36.9 Å². The fourth-order valence-corrected chi connectivity index (χ4v) is 2.94. The monoisotopic (exact) mass is 267 g/mol. The van der Waals surface area contributed by atoms with Gasteiger partial charge >= 0.3 is 0 Å². The Hall–Kier alpha value is -0.730. The Morgan fingerprint density at radius 1 is 1.28 bits per heavy atom. The zero-order valence-electron chi connectivity index (χ0n) is 10.8. The van der Waals surface area contributed by atoms with Gasteiger partial charge in [0.2, 0.25) is 0 Å². The summed E-state index contributed by atoms with van der Waals surface area (Å²) in [5, 5.41) is 0.701. The predicted molar refractivity (Wildman–Crippen MR) is 76.3 cm³/mol. The molecule has 1 aromatic carbocycles. The van der Waals surface area contributed by atoms with Crippen LogP contribution in [0.4, 0.5) is 0 Å². The van der Waals surface area contributed by atoms with Crippen LogP contribution in [-0.4, -0.2) is 13.2 Å². The van der Waals surface area contributed by atoms with E-state index in [9.17, 15) is 0 Å². The van der Waals surface area contributed by atoms with Gasteiger partial charge in [-0.25, -0.2) is 0 Å². The minimum Gasteiger partial charge on any atom is -0.492 e. The van der Waals surface area contributed by atoms with E-state index in [2.05, 4.69) is 0 Å². The van der Waals surface area contributed by atoms with E-state index in [-0.39, 0.29) is 0 Å². The molecular weight excluding hydrogens is 246 g/mol. The van der Waals surface area contributed by atoms with E-state index in [4.69, 9.17) is 22.1 Å². The van der Waals surface area contributed by atoms with Crippen LogP contribution in [0.2, 0.25) is 5.02 Å². The van der Waals surface area contributed by atoms with Crippen molar-refractivity contribution in [3.63, 3.8) is 0 Å². The molecule has 1 aliphatic rings. The van der Waals surface area contributed by atoms with Crippen molar-refractivity contribution in [3.8, 4) is 5.75 Å². The van der Waals surface area contributed by atoms with Gasteiger partial charge in [-0.1, -0.05) is 49.4 Å². The Morgan fingerprint density at radius 3 is 2.78 bits per heavy atom. The predicted octanol–water partition coefficient (Wildman–Crippen LogP) is 3.80. The second kappa shape index (κ2) is 7.01. The summed E-state index contributed by atoms with van der Waals surface area (Å²) in [4.78, 5) is 0. The van der Waals surface area contributed by atoms with Crippen molar-refractivity contribution in [3.05, 3.63) is 28.8 Å². The lowest BCUT2D eigenvalue weighted by molar-refractivity contribution is 0.277. The molecule has 1 aromatic rings. The van der Waals surface area contributed by atoms with E-state index in [1.165, 1.54) is 25.7 Å². The molecule has 2 N–H and O–H groups in total. The molecule has 3 heteroatoms. The van der Waals surface area contributed by atoms with Gasteiger partial charge in [0.15, 0.2) is 0 Å². The largest absolute Gasteiger partial charge is 0.492 e. The molecule has 0 aromatic heterocycles. The molecule has 18 heavy (non-hydrogen) atoms. The first-order chi connectivity index (χ1) is 8.81. The lowest BCUT2D eigenvalue weighted by atomic mass is 10.1. The number of hydrogen-bond acceptors (Lipinski definition) is 2. The van der Waals surface area contributed by atoms with E-state index < -0.39 is 0 Å². The zero-order chi connectivity index (χ0) is 12.8. The van der Waals surface area contributed by atoms with Crippen LogP contribution < -0.4 is 10.5 Å². The number of ether oxygens (including phenoxy) is 1. The highest BCUT2D eigenvalue weighted by molar-refractivity contribution is 6.32. The van der Waals surface area contributed by atoms with E-state index in [0.29, 0.717) is 11.6 Å². The average Bonchev–Trinajstić information content (AvgIpc) is 2.86. The molecule has 1 aliphatic carbocycles. The summed E-state index contributed by atoms with van der Waals surface area (Å²) in [6.07, 6.45) is 7.46. The standard InChI is InChI=1S/C15H22ClNO/c16-14-7-3-6-13(8-10-17)15(14)18-11-9-12-4-1-2-5-12/h3,6-7,12H,1-2,4-5,8-11,17H2. The van der Waals surface area contributed by atoms with Crippen LogP contribution in [0.5, 0.6) is 5.75 Å². The minimum absolute atomic E-state index is 0.624. The van der Waals surface area contributed by atoms with Crippen LogP contribution >= 0.6 is 11.6 Å². The van der Waals surface area contributed by atoms with Gasteiger partial charge in [0.25, 0.3) is 0 Å². The van der Waals surface area contributed by atoms with Crippen molar-refractivity contribution >= 4 is 11.6 Å². The molecule has 0 saturated heterocycles. The number of nitrogens with two attached hydrogens (primary N) is 1. The third kappa shape index (κ3) is 3.63. The van der Waals surface area contributed by atoms with Crippen LogP contribution in [0.25, 0.3) is 0 Å². The molecule has 2 nitrogen and oxygen atoms in total. The quantitative estimate of drug-likeness (QED) is 0.851. The van der Waals surface area contributed by atoms with Gasteiger partial charge in [-0.3, -0.25) is 0 Å². The van der Waals surface area contributed by atoms with Crippen molar-refractivity contribution in [2.45, 2.75) is 38.5 Å². The Labute approximate surface area is 114 Å². The maximum Gasteiger partial charge on any atom is 0.141 e. The first-order valence-electron chi connectivity index (χ1n) is 6.91.